The van der Waals surface area contributed by atoms with E-state index in [-0.39, 0.29) is 0 Å². The molecule has 0 aromatic heterocycles. The average molecular weight is 667 g/mol. The summed E-state index contributed by atoms with van der Waals surface area (Å²) in [5, 5.41) is 6.07. The fourth-order valence-corrected chi connectivity index (χ4v) is 12.0. The number of hydrogen-bond acceptors (Lipinski definition) is 4. The van der Waals surface area contributed by atoms with Gasteiger partial charge < -0.3 is 19.4 Å². The highest BCUT2D eigenvalue weighted by atomic mass is 28.4. The highest BCUT2D eigenvalue weighted by Gasteiger charge is 2.38. The van der Waals surface area contributed by atoms with E-state index >= 15 is 0 Å². The Morgan fingerprint density at radius 1 is 0.312 bits per heavy atom. The van der Waals surface area contributed by atoms with E-state index in [0.29, 0.717) is 0 Å². The topological polar surface area (TPSA) is 46.9 Å². The van der Waals surface area contributed by atoms with Crippen molar-refractivity contribution in [3.63, 3.8) is 0 Å². The Morgan fingerprint density at radius 2 is 0.458 bits per heavy atom. The molecule has 4 nitrogen and oxygen atoms in total. The fourth-order valence-electron chi connectivity index (χ4n) is 5.98. The highest BCUT2D eigenvalue weighted by Crippen LogP contribution is 2.05. The van der Waals surface area contributed by atoms with Crippen molar-refractivity contribution in [2.45, 2.75) is 0 Å². The van der Waals surface area contributed by atoms with E-state index in [1.807, 2.05) is 182 Å². The van der Waals surface area contributed by atoms with Crippen molar-refractivity contribution in [1.82, 2.24) is 9.80 Å². The maximum Gasteiger partial charge on any atom is 0.285 e. The maximum absolute atomic E-state index is 11.6. The van der Waals surface area contributed by atoms with E-state index in [4.69, 9.17) is 0 Å². The average Bonchev–Trinajstić information content (AvgIpc) is 3.18. The molecular weight excluding hydrogens is 621 g/mol. The quantitative estimate of drug-likeness (QED) is 0.212. The van der Waals surface area contributed by atoms with Crippen LogP contribution >= 0.6 is 0 Å². The van der Waals surface area contributed by atoms with Crippen LogP contribution in [-0.2, 0) is 0 Å². The lowest BCUT2D eigenvalue weighted by molar-refractivity contribution is 0.181. The van der Waals surface area contributed by atoms with Gasteiger partial charge in [0.15, 0.2) is 0 Å². The van der Waals surface area contributed by atoms with Gasteiger partial charge in [-0.25, -0.2) is 0 Å². The summed E-state index contributed by atoms with van der Waals surface area (Å²) in [5.41, 5.74) is 0. The number of piperazine rings is 1. The molecule has 1 fully saturated rings. The van der Waals surface area contributed by atoms with Gasteiger partial charge in [0.05, 0.1) is 0 Å². The van der Waals surface area contributed by atoms with E-state index in [1.54, 1.807) is 0 Å². The predicted octanol–water partition coefficient (Wildman–Crippen LogP) is 3.16. The predicted molar refractivity (Wildman–Crippen MR) is 207 cm³/mol. The summed E-state index contributed by atoms with van der Waals surface area (Å²) in [6.07, 6.45) is 0. The van der Waals surface area contributed by atoms with Crippen molar-refractivity contribution in [3.05, 3.63) is 182 Å². The smallest absolute Gasteiger partial charge is 0.285 e. The second kappa shape index (κ2) is 17.1. The van der Waals surface area contributed by atoms with Gasteiger partial charge in [-0.15, -0.1) is 0 Å². The first-order valence-corrected chi connectivity index (χ1v) is 20.5. The summed E-state index contributed by atoms with van der Waals surface area (Å²) >= 11 is 0. The van der Waals surface area contributed by atoms with Gasteiger partial charge in [0, 0.05) is 26.2 Å². The van der Waals surface area contributed by atoms with E-state index < -0.39 is 16.6 Å². The van der Waals surface area contributed by atoms with Crippen LogP contribution in [0.25, 0.3) is 0 Å². The molecule has 0 aliphatic carbocycles. The number of nitrogens with zero attached hydrogens (tertiary/aromatic N) is 2. The Balaban J connectivity index is 0.000000154. The van der Waals surface area contributed by atoms with Crippen molar-refractivity contribution in [1.29, 1.82) is 0 Å². The Hall–Kier alpha value is -4.41. The Labute approximate surface area is 288 Å². The highest BCUT2D eigenvalue weighted by molar-refractivity contribution is 7.06. The van der Waals surface area contributed by atoms with Gasteiger partial charge in [-0.2, -0.15) is 0 Å². The van der Waals surface area contributed by atoms with Gasteiger partial charge in [0.2, 0.25) is 0 Å². The third-order valence-electron chi connectivity index (χ3n) is 8.88. The molecule has 1 aliphatic rings. The maximum atomic E-state index is 11.6. The van der Waals surface area contributed by atoms with E-state index in [2.05, 4.69) is 23.9 Å². The van der Waals surface area contributed by atoms with Gasteiger partial charge in [-0.1, -0.05) is 182 Å². The van der Waals surface area contributed by atoms with E-state index in [9.17, 15) is 9.59 Å². The third-order valence-corrected chi connectivity index (χ3v) is 15.9. The fraction of sp³-hybridized carbons (Fsp3) is 0.143. The van der Waals surface area contributed by atoms with Crippen molar-refractivity contribution >= 4 is 47.8 Å². The van der Waals surface area contributed by atoms with Crippen molar-refractivity contribution < 1.29 is 9.59 Å². The van der Waals surface area contributed by atoms with Crippen LogP contribution in [0.3, 0.4) is 0 Å². The molecule has 0 unspecified atom stereocenters. The van der Waals surface area contributed by atoms with Crippen molar-refractivity contribution in [2.75, 3.05) is 40.3 Å². The van der Waals surface area contributed by atoms with Gasteiger partial charge in [-0.05, 0) is 45.2 Å². The summed E-state index contributed by atoms with van der Waals surface area (Å²) in [7, 11) is -1.41. The minimum Gasteiger partial charge on any atom is -0.421 e. The van der Waals surface area contributed by atoms with Gasteiger partial charge in [0.1, 0.15) is 0 Å². The van der Waals surface area contributed by atoms with Gasteiger partial charge in [-0.3, -0.25) is 0 Å². The monoisotopic (exact) mass is 666 g/mol. The largest absolute Gasteiger partial charge is 0.421 e. The molecule has 0 spiro atoms. The van der Waals surface area contributed by atoms with Crippen LogP contribution in [0.15, 0.2) is 182 Å². The molecule has 0 saturated carbocycles. The minimum atomic E-state index is -2.88. The number of hydrogen-bond donors (Lipinski definition) is 2. The molecule has 6 aromatic carbocycles. The molecule has 1 aliphatic heterocycles. The zero-order valence-electron chi connectivity index (χ0n) is 27.9. The summed E-state index contributed by atoms with van der Waals surface area (Å²) in [4.78, 5) is 27.9. The molecule has 48 heavy (non-hydrogen) atoms. The van der Waals surface area contributed by atoms with Crippen LogP contribution in [0.1, 0.15) is 0 Å². The summed E-state index contributed by atoms with van der Waals surface area (Å²) in [5.74, 6) is 0. The Kier molecular flexibility index (Phi) is 12.5. The molecule has 1 heterocycles. The Bertz CT molecular complexity index is 1430. The number of rotatable bonds is 6. The van der Waals surface area contributed by atoms with Crippen LogP contribution in [0.4, 0.5) is 0 Å². The molecule has 6 heteroatoms. The Morgan fingerprint density at radius 3 is 0.604 bits per heavy atom. The molecule has 6 aromatic rings. The van der Waals surface area contributed by atoms with E-state index in [0.717, 1.165) is 31.1 Å². The molecule has 0 amide bonds. The second-order valence-corrected chi connectivity index (χ2v) is 18.5. The first-order chi connectivity index (χ1) is 23.4. The standard InChI is InChI=1S/2C18H16OSi.C6H14N2/c2*19-20(16-10-4-1-5-11-16,17-12-6-2-7-13-17)18-14-8-3-9-15-18;1-7-3-5-8(2)6-4-7/h2*1-15,19H;3-6H2,1-2H3. The van der Waals surface area contributed by atoms with Crippen LogP contribution in [0, 0.1) is 0 Å². The number of benzene rings is 6. The lowest BCUT2D eigenvalue weighted by Crippen LogP contribution is -2.67. The molecule has 0 atom stereocenters. The van der Waals surface area contributed by atoms with Gasteiger partial charge in [0.25, 0.3) is 16.6 Å². The van der Waals surface area contributed by atoms with Crippen LogP contribution < -0.4 is 31.1 Å². The summed E-state index contributed by atoms with van der Waals surface area (Å²) < 4.78 is 0. The third kappa shape index (κ3) is 8.54. The molecule has 2 N–H and O–H groups in total. The normalized spacial score (nSPS) is 13.8. The van der Waals surface area contributed by atoms with E-state index in [1.165, 1.54) is 26.2 Å². The van der Waals surface area contributed by atoms with Crippen molar-refractivity contribution in [2.24, 2.45) is 0 Å². The molecule has 0 radical (unpaired) electrons. The van der Waals surface area contributed by atoms with Crippen LogP contribution in [-0.4, -0.2) is 76.3 Å². The zero-order valence-corrected chi connectivity index (χ0v) is 29.9. The van der Waals surface area contributed by atoms with Crippen LogP contribution in [0.5, 0.6) is 0 Å². The van der Waals surface area contributed by atoms with Crippen LogP contribution in [0.2, 0.25) is 0 Å². The molecule has 0 bridgehead atoms. The molecule has 244 valence electrons. The molecule has 1 saturated heterocycles. The molecule has 7 rings (SSSR count). The first kappa shape index (κ1) is 34.9. The lowest BCUT2D eigenvalue weighted by atomic mass is 10.3. The first-order valence-electron chi connectivity index (χ1n) is 16.6. The minimum absolute atomic E-state index is 1.01. The van der Waals surface area contributed by atoms with Gasteiger partial charge >= 0.3 is 0 Å². The van der Waals surface area contributed by atoms with Crippen molar-refractivity contribution in [3.8, 4) is 0 Å². The molecular formula is C42H46N2O2Si2. The number of likely N-dealkylation sites (N-methyl/N-ethyl adjacent to an activating group) is 2. The summed E-state index contributed by atoms with van der Waals surface area (Å²) in [6.45, 7) is 4.93. The second-order valence-electron chi connectivity index (χ2n) is 12.2. The SMILES string of the molecule is CN1CCN(C)CC1.O[Si](c1ccccc1)(c1ccccc1)c1ccccc1.O[Si](c1ccccc1)(c1ccccc1)c1ccccc1. The lowest BCUT2D eigenvalue weighted by Gasteiger charge is -2.28. The zero-order chi connectivity index (χ0) is 33.7. The summed E-state index contributed by atoms with van der Waals surface area (Å²) in [6, 6.07) is 59.9.